The van der Waals surface area contributed by atoms with Crippen LogP contribution in [0.4, 0.5) is 4.39 Å². The van der Waals surface area contributed by atoms with Crippen molar-refractivity contribution >= 4 is 5.91 Å². The van der Waals surface area contributed by atoms with Crippen LogP contribution < -0.4 is 11.1 Å². The Morgan fingerprint density at radius 3 is 2.85 bits per heavy atom. The molecule has 1 heterocycles. The molecule has 1 aliphatic heterocycles. The maximum absolute atomic E-state index is 12.9. The summed E-state index contributed by atoms with van der Waals surface area (Å²) in [5.74, 6) is -0.0820. The Balaban J connectivity index is 1.86. The number of nitrogens with one attached hydrogen (secondary N) is 1. The minimum Gasteiger partial charge on any atom is -0.355 e. The molecule has 0 saturated carbocycles. The predicted molar refractivity (Wildman–Crippen MR) is 76.5 cm³/mol. The summed E-state index contributed by atoms with van der Waals surface area (Å²) in [6, 6.07) is 6.55. The second-order valence-corrected chi connectivity index (χ2v) is 5.28. The molecule has 1 unspecified atom stereocenters. The molecule has 0 spiro atoms. The van der Waals surface area contributed by atoms with Crippen LogP contribution in [0.5, 0.6) is 0 Å². The molecule has 1 amide bonds. The fourth-order valence-electron chi connectivity index (χ4n) is 2.60. The highest BCUT2D eigenvalue weighted by Gasteiger charge is 2.25. The number of nitrogens with zero attached hydrogens (tertiary/aromatic N) is 1. The van der Waals surface area contributed by atoms with Crippen molar-refractivity contribution in [3.05, 3.63) is 35.6 Å². The Labute approximate surface area is 119 Å². The van der Waals surface area contributed by atoms with E-state index in [2.05, 4.69) is 10.2 Å². The number of nitrogens with two attached hydrogens (primary N) is 1. The average molecular weight is 279 g/mol. The molecular weight excluding hydrogens is 257 g/mol. The molecule has 0 aromatic heterocycles. The summed E-state index contributed by atoms with van der Waals surface area (Å²) >= 11 is 0. The average Bonchev–Trinajstić information content (AvgIpc) is 2.47. The van der Waals surface area contributed by atoms with Crippen LogP contribution in [-0.4, -0.2) is 37.0 Å². The van der Waals surface area contributed by atoms with Crippen molar-refractivity contribution in [1.82, 2.24) is 10.2 Å². The van der Waals surface area contributed by atoms with Crippen molar-refractivity contribution in [2.24, 2.45) is 11.7 Å². The molecule has 5 heteroatoms. The van der Waals surface area contributed by atoms with Gasteiger partial charge in [-0.25, -0.2) is 4.39 Å². The Morgan fingerprint density at radius 1 is 1.40 bits per heavy atom. The highest BCUT2D eigenvalue weighted by atomic mass is 19.1. The van der Waals surface area contributed by atoms with Gasteiger partial charge in [0.25, 0.3) is 0 Å². The molecule has 1 fully saturated rings. The van der Waals surface area contributed by atoms with Crippen LogP contribution in [0.25, 0.3) is 0 Å². The summed E-state index contributed by atoms with van der Waals surface area (Å²) in [7, 11) is 0. The molecule has 0 radical (unpaired) electrons. The lowest BCUT2D eigenvalue weighted by molar-refractivity contribution is -0.126. The molecule has 1 atom stereocenters. The number of hydrogen-bond acceptors (Lipinski definition) is 3. The second-order valence-electron chi connectivity index (χ2n) is 5.28. The minimum atomic E-state index is -0.216. The van der Waals surface area contributed by atoms with Gasteiger partial charge in [0, 0.05) is 26.2 Å². The Hall–Kier alpha value is -1.46. The third-order valence-electron chi connectivity index (χ3n) is 3.64. The summed E-state index contributed by atoms with van der Waals surface area (Å²) in [5.41, 5.74) is 6.47. The number of rotatable bonds is 5. The van der Waals surface area contributed by atoms with E-state index < -0.39 is 0 Å². The van der Waals surface area contributed by atoms with E-state index in [-0.39, 0.29) is 17.6 Å². The lowest BCUT2D eigenvalue weighted by atomic mass is 9.96. The molecule has 2 rings (SSSR count). The van der Waals surface area contributed by atoms with Gasteiger partial charge in [-0.1, -0.05) is 12.1 Å². The normalized spacial score (nSPS) is 19.8. The van der Waals surface area contributed by atoms with Crippen molar-refractivity contribution in [3.63, 3.8) is 0 Å². The van der Waals surface area contributed by atoms with Crippen LogP contribution in [-0.2, 0) is 11.3 Å². The van der Waals surface area contributed by atoms with Gasteiger partial charge in [0.2, 0.25) is 5.91 Å². The van der Waals surface area contributed by atoms with Crippen LogP contribution in [0, 0.1) is 11.7 Å². The Kier molecular flexibility index (Phi) is 5.49. The molecule has 0 bridgehead atoms. The maximum Gasteiger partial charge on any atom is 0.224 e. The molecule has 3 N–H and O–H groups in total. The summed E-state index contributed by atoms with van der Waals surface area (Å²) in [6.07, 6.45) is 1.94. The number of benzene rings is 1. The SMILES string of the molecule is NCCNC(=O)C1CCCN(Cc2ccc(F)cc2)C1. The summed E-state index contributed by atoms with van der Waals surface area (Å²) in [4.78, 5) is 14.2. The van der Waals surface area contributed by atoms with Gasteiger partial charge >= 0.3 is 0 Å². The number of carbonyl (C=O) groups is 1. The molecule has 1 saturated heterocycles. The van der Waals surface area contributed by atoms with Gasteiger partial charge < -0.3 is 11.1 Å². The highest BCUT2D eigenvalue weighted by molar-refractivity contribution is 5.78. The number of halogens is 1. The second kappa shape index (κ2) is 7.36. The molecular formula is C15H22FN3O. The minimum absolute atomic E-state index is 0.0377. The monoisotopic (exact) mass is 279 g/mol. The molecule has 110 valence electrons. The predicted octanol–water partition coefficient (Wildman–Crippen LogP) is 1.11. The summed E-state index contributed by atoms with van der Waals surface area (Å²) in [6.45, 7) is 3.51. The van der Waals surface area contributed by atoms with Crippen LogP contribution in [0.15, 0.2) is 24.3 Å². The highest BCUT2D eigenvalue weighted by Crippen LogP contribution is 2.18. The lowest BCUT2D eigenvalue weighted by Gasteiger charge is -2.32. The van der Waals surface area contributed by atoms with Crippen molar-refractivity contribution < 1.29 is 9.18 Å². The van der Waals surface area contributed by atoms with Crippen LogP contribution >= 0.6 is 0 Å². The van der Waals surface area contributed by atoms with E-state index >= 15 is 0 Å². The quantitative estimate of drug-likeness (QED) is 0.849. The summed E-state index contributed by atoms with van der Waals surface area (Å²) < 4.78 is 12.9. The van der Waals surface area contributed by atoms with Gasteiger partial charge in [0.05, 0.1) is 5.92 Å². The number of hydrogen-bond donors (Lipinski definition) is 2. The largest absolute Gasteiger partial charge is 0.355 e. The van der Waals surface area contributed by atoms with Crippen molar-refractivity contribution in [2.75, 3.05) is 26.2 Å². The van der Waals surface area contributed by atoms with E-state index in [4.69, 9.17) is 5.73 Å². The zero-order chi connectivity index (χ0) is 14.4. The van der Waals surface area contributed by atoms with Crippen LogP contribution in [0.2, 0.25) is 0 Å². The first-order valence-electron chi connectivity index (χ1n) is 7.13. The van der Waals surface area contributed by atoms with E-state index in [9.17, 15) is 9.18 Å². The maximum atomic E-state index is 12.9. The molecule has 1 aromatic rings. The van der Waals surface area contributed by atoms with E-state index in [1.165, 1.54) is 12.1 Å². The topological polar surface area (TPSA) is 58.4 Å². The smallest absolute Gasteiger partial charge is 0.224 e. The van der Waals surface area contributed by atoms with E-state index in [1.807, 2.05) is 0 Å². The number of carbonyl (C=O) groups excluding carboxylic acids is 1. The van der Waals surface area contributed by atoms with Crippen molar-refractivity contribution in [3.8, 4) is 0 Å². The van der Waals surface area contributed by atoms with E-state index in [0.29, 0.717) is 13.1 Å². The van der Waals surface area contributed by atoms with Crippen LogP contribution in [0.3, 0.4) is 0 Å². The summed E-state index contributed by atoms with van der Waals surface area (Å²) in [5, 5.41) is 2.85. The lowest BCUT2D eigenvalue weighted by Crippen LogP contribution is -2.43. The first kappa shape index (κ1) is 14.9. The molecule has 1 aliphatic rings. The zero-order valence-corrected chi connectivity index (χ0v) is 11.6. The van der Waals surface area contributed by atoms with Gasteiger partial charge in [-0.2, -0.15) is 0 Å². The molecule has 20 heavy (non-hydrogen) atoms. The van der Waals surface area contributed by atoms with Crippen LogP contribution in [0.1, 0.15) is 18.4 Å². The number of piperidine rings is 1. The fourth-order valence-corrected chi connectivity index (χ4v) is 2.60. The fraction of sp³-hybridized carbons (Fsp3) is 0.533. The third-order valence-corrected chi connectivity index (χ3v) is 3.64. The number of likely N-dealkylation sites (tertiary alicyclic amines) is 1. The molecule has 0 aliphatic carbocycles. The van der Waals surface area contributed by atoms with Gasteiger partial charge in [-0.15, -0.1) is 0 Å². The van der Waals surface area contributed by atoms with E-state index in [1.54, 1.807) is 12.1 Å². The van der Waals surface area contributed by atoms with Crippen molar-refractivity contribution in [1.29, 1.82) is 0 Å². The molecule has 1 aromatic carbocycles. The van der Waals surface area contributed by atoms with Gasteiger partial charge in [-0.3, -0.25) is 9.69 Å². The van der Waals surface area contributed by atoms with E-state index in [0.717, 1.165) is 38.0 Å². The van der Waals surface area contributed by atoms with Crippen molar-refractivity contribution in [2.45, 2.75) is 19.4 Å². The van der Waals surface area contributed by atoms with Gasteiger partial charge in [-0.05, 0) is 37.1 Å². The van der Waals surface area contributed by atoms with Gasteiger partial charge in [0.1, 0.15) is 5.82 Å². The first-order chi connectivity index (χ1) is 9.69. The third kappa shape index (κ3) is 4.28. The Morgan fingerprint density at radius 2 is 2.15 bits per heavy atom. The standard InChI is InChI=1S/C15H22FN3O/c16-14-5-3-12(4-6-14)10-19-9-1-2-13(11-19)15(20)18-8-7-17/h3-6,13H,1-2,7-11,17H2,(H,18,20). The first-order valence-corrected chi connectivity index (χ1v) is 7.13. The Bertz CT molecular complexity index is 435. The number of amides is 1. The van der Waals surface area contributed by atoms with Gasteiger partial charge in [0.15, 0.2) is 0 Å². The molecule has 4 nitrogen and oxygen atoms in total. The zero-order valence-electron chi connectivity index (χ0n) is 11.6.